The molecule has 0 aliphatic carbocycles. The van der Waals surface area contributed by atoms with E-state index in [1.807, 2.05) is 32.0 Å². The Morgan fingerprint density at radius 2 is 1.73 bits per heavy atom. The number of benzene rings is 2. The maximum Gasteiger partial charge on any atom is 0.271 e. The molecule has 4 N–H and O–H groups in total. The molecule has 0 saturated carbocycles. The van der Waals surface area contributed by atoms with Crippen molar-refractivity contribution in [1.29, 1.82) is 0 Å². The summed E-state index contributed by atoms with van der Waals surface area (Å²) >= 11 is 6.30. The van der Waals surface area contributed by atoms with E-state index in [4.69, 9.17) is 12.2 Å². The number of sulfonamides is 1. The molecular formula is C20H20N4O3S3. The number of carbonyl (C=O) groups excluding carboxylic acids is 1. The predicted molar refractivity (Wildman–Crippen MR) is 124 cm³/mol. The number of para-hydroxylation sites is 1. The fourth-order valence-electron chi connectivity index (χ4n) is 2.54. The fraction of sp³-hybridized carbons (Fsp3) is 0.100. The van der Waals surface area contributed by atoms with Gasteiger partial charge < -0.3 is 5.32 Å². The SMILES string of the molecule is Cc1ccc(NC(=S)NNC(=O)c2ccccc2NS(=O)(=O)c2cccs2)cc1C. The normalized spacial score (nSPS) is 10.9. The van der Waals surface area contributed by atoms with E-state index in [0.717, 1.165) is 28.2 Å². The summed E-state index contributed by atoms with van der Waals surface area (Å²) in [4.78, 5) is 12.6. The molecule has 1 heterocycles. The van der Waals surface area contributed by atoms with E-state index in [2.05, 4.69) is 20.9 Å². The van der Waals surface area contributed by atoms with Gasteiger partial charge in [-0.05, 0) is 72.9 Å². The monoisotopic (exact) mass is 460 g/mol. The van der Waals surface area contributed by atoms with Crippen LogP contribution in [0.25, 0.3) is 0 Å². The quantitative estimate of drug-likeness (QED) is 0.341. The molecule has 7 nitrogen and oxygen atoms in total. The molecule has 0 atom stereocenters. The number of hydrogen-bond acceptors (Lipinski definition) is 5. The van der Waals surface area contributed by atoms with Crippen LogP contribution in [0.15, 0.2) is 64.2 Å². The zero-order valence-corrected chi connectivity index (χ0v) is 18.7. The van der Waals surface area contributed by atoms with Crippen LogP contribution in [0.1, 0.15) is 21.5 Å². The highest BCUT2D eigenvalue weighted by atomic mass is 32.2. The number of nitrogens with one attached hydrogen (secondary N) is 4. The van der Waals surface area contributed by atoms with E-state index < -0.39 is 15.9 Å². The Morgan fingerprint density at radius 3 is 2.43 bits per heavy atom. The van der Waals surface area contributed by atoms with E-state index in [1.54, 1.807) is 23.6 Å². The molecule has 0 spiro atoms. The molecule has 3 aromatic rings. The second kappa shape index (κ2) is 9.24. The Kier molecular flexibility index (Phi) is 6.70. The first kappa shape index (κ1) is 21.8. The standard InChI is InChI=1S/C20H20N4O3S3/c1-13-9-10-15(12-14(13)2)21-20(28)23-22-19(25)16-6-3-4-7-17(16)24-30(26,27)18-8-5-11-29-18/h3-12,24H,1-2H3,(H,22,25)(H2,21,23,28). The summed E-state index contributed by atoms with van der Waals surface area (Å²) in [5, 5.41) is 4.85. The number of hydrogen-bond donors (Lipinski definition) is 4. The van der Waals surface area contributed by atoms with Gasteiger partial charge >= 0.3 is 0 Å². The summed E-state index contributed by atoms with van der Waals surface area (Å²) in [6.07, 6.45) is 0. The highest BCUT2D eigenvalue weighted by Crippen LogP contribution is 2.22. The Labute approximate surface area is 184 Å². The van der Waals surface area contributed by atoms with Crippen LogP contribution in [0, 0.1) is 13.8 Å². The molecule has 0 bridgehead atoms. The smallest absolute Gasteiger partial charge is 0.271 e. The number of amides is 1. The van der Waals surface area contributed by atoms with Gasteiger partial charge in [0, 0.05) is 5.69 Å². The third-order valence-electron chi connectivity index (χ3n) is 4.23. The third-order valence-corrected chi connectivity index (χ3v) is 7.20. The van der Waals surface area contributed by atoms with Crippen molar-refractivity contribution in [1.82, 2.24) is 10.9 Å². The van der Waals surface area contributed by atoms with E-state index in [9.17, 15) is 13.2 Å². The maximum absolute atomic E-state index is 12.6. The van der Waals surface area contributed by atoms with Gasteiger partial charge in [0.25, 0.3) is 15.9 Å². The topological polar surface area (TPSA) is 99.3 Å². The molecule has 2 aromatic carbocycles. The minimum absolute atomic E-state index is 0.152. The van der Waals surface area contributed by atoms with E-state index in [-0.39, 0.29) is 20.6 Å². The molecule has 0 aliphatic rings. The minimum atomic E-state index is -3.78. The van der Waals surface area contributed by atoms with Gasteiger partial charge in [-0.25, -0.2) is 8.42 Å². The Balaban J connectivity index is 1.66. The van der Waals surface area contributed by atoms with Crippen LogP contribution in [-0.2, 0) is 10.0 Å². The van der Waals surface area contributed by atoms with Crippen LogP contribution >= 0.6 is 23.6 Å². The van der Waals surface area contributed by atoms with E-state index in [0.29, 0.717) is 0 Å². The van der Waals surface area contributed by atoms with Gasteiger partial charge in [-0.15, -0.1) is 11.3 Å². The van der Waals surface area contributed by atoms with Crippen molar-refractivity contribution < 1.29 is 13.2 Å². The zero-order valence-electron chi connectivity index (χ0n) is 16.2. The molecule has 0 fully saturated rings. The van der Waals surface area contributed by atoms with Crippen molar-refractivity contribution in [2.75, 3.05) is 10.0 Å². The molecule has 0 unspecified atom stereocenters. The largest absolute Gasteiger partial charge is 0.331 e. The van der Waals surface area contributed by atoms with Gasteiger partial charge in [0.05, 0.1) is 11.3 Å². The molecule has 0 radical (unpaired) electrons. The lowest BCUT2D eigenvalue weighted by molar-refractivity contribution is 0.0945. The number of aryl methyl sites for hydroxylation is 2. The van der Waals surface area contributed by atoms with Crippen LogP contribution in [0.2, 0.25) is 0 Å². The molecule has 3 rings (SSSR count). The van der Waals surface area contributed by atoms with Crippen LogP contribution in [0.5, 0.6) is 0 Å². The Morgan fingerprint density at radius 1 is 0.967 bits per heavy atom. The van der Waals surface area contributed by atoms with Gasteiger partial charge in [-0.3, -0.25) is 20.4 Å². The van der Waals surface area contributed by atoms with Crippen LogP contribution in [0.4, 0.5) is 11.4 Å². The summed E-state index contributed by atoms with van der Waals surface area (Å²) in [6.45, 7) is 4.01. The number of thiophene rings is 1. The van der Waals surface area contributed by atoms with Crippen molar-refractivity contribution in [3.63, 3.8) is 0 Å². The summed E-state index contributed by atoms with van der Waals surface area (Å²) in [5.41, 5.74) is 8.48. The molecule has 156 valence electrons. The van der Waals surface area contributed by atoms with E-state index in [1.165, 1.54) is 18.2 Å². The number of rotatable bonds is 5. The first-order valence-electron chi connectivity index (χ1n) is 8.86. The first-order chi connectivity index (χ1) is 14.3. The lowest BCUT2D eigenvalue weighted by atomic mass is 10.1. The van der Waals surface area contributed by atoms with Crippen molar-refractivity contribution in [2.45, 2.75) is 18.1 Å². The average Bonchev–Trinajstić information content (AvgIpc) is 3.25. The third kappa shape index (κ3) is 5.35. The molecule has 30 heavy (non-hydrogen) atoms. The zero-order chi connectivity index (χ0) is 21.7. The van der Waals surface area contributed by atoms with Crippen LogP contribution in [-0.4, -0.2) is 19.4 Å². The van der Waals surface area contributed by atoms with Crippen molar-refractivity contribution in [3.05, 3.63) is 76.7 Å². The predicted octanol–water partition coefficient (Wildman–Crippen LogP) is 3.80. The lowest BCUT2D eigenvalue weighted by Gasteiger charge is -2.14. The summed E-state index contributed by atoms with van der Waals surface area (Å²) in [7, 11) is -3.78. The van der Waals surface area contributed by atoms with Crippen molar-refractivity contribution >= 4 is 56.0 Å². The Hall–Kier alpha value is -2.95. The van der Waals surface area contributed by atoms with Gasteiger partial charge in [0.2, 0.25) is 0 Å². The number of carbonyl (C=O) groups is 1. The highest BCUT2D eigenvalue weighted by molar-refractivity contribution is 7.94. The number of hydrazine groups is 1. The van der Waals surface area contributed by atoms with Crippen LogP contribution < -0.4 is 20.9 Å². The van der Waals surface area contributed by atoms with Crippen LogP contribution in [0.3, 0.4) is 0 Å². The highest BCUT2D eigenvalue weighted by Gasteiger charge is 2.19. The lowest BCUT2D eigenvalue weighted by Crippen LogP contribution is -2.44. The molecule has 1 amide bonds. The summed E-state index contributed by atoms with van der Waals surface area (Å²) in [6, 6.07) is 15.3. The summed E-state index contributed by atoms with van der Waals surface area (Å²) in [5.74, 6) is -0.538. The van der Waals surface area contributed by atoms with Gasteiger partial charge in [-0.2, -0.15) is 0 Å². The molecule has 10 heteroatoms. The Bertz CT molecular complexity index is 1180. The molecule has 0 saturated heterocycles. The number of anilines is 2. The van der Waals surface area contributed by atoms with Gasteiger partial charge in [-0.1, -0.05) is 24.3 Å². The number of thiocarbonyl (C=S) groups is 1. The molecule has 0 aliphatic heterocycles. The second-order valence-electron chi connectivity index (χ2n) is 6.42. The first-order valence-corrected chi connectivity index (χ1v) is 11.6. The fourth-order valence-corrected chi connectivity index (χ4v) is 4.79. The van der Waals surface area contributed by atoms with E-state index >= 15 is 0 Å². The van der Waals surface area contributed by atoms with Crippen molar-refractivity contribution in [2.24, 2.45) is 0 Å². The van der Waals surface area contributed by atoms with Gasteiger partial charge in [0.1, 0.15) is 4.21 Å². The molecule has 1 aromatic heterocycles. The average molecular weight is 461 g/mol. The molecular weight excluding hydrogens is 440 g/mol. The maximum atomic E-state index is 12.6. The second-order valence-corrected chi connectivity index (χ2v) is 9.68. The van der Waals surface area contributed by atoms with Gasteiger partial charge in [0.15, 0.2) is 5.11 Å². The van der Waals surface area contributed by atoms with Crippen molar-refractivity contribution in [3.8, 4) is 0 Å². The minimum Gasteiger partial charge on any atom is -0.331 e. The summed E-state index contributed by atoms with van der Waals surface area (Å²) < 4.78 is 27.6.